The summed E-state index contributed by atoms with van der Waals surface area (Å²) in [5, 5.41) is 7.41. The minimum absolute atomic E-state index is 0.0248. The highest BCUT2D eigenvalue weighted by Crippen LogP contribution is 2.24. The Hall–Kier alpha value is -1.89. The first-order chi connectivity index (χ1) is 12.0. The summed E-state index contributed by atoms with van der Waals surface area (Å²) in [6.07, 6.45) is 4.10. The summed E-state index contributed by atoms with van der Waals surface area (Å²) >= 11 is 0. The van der Waals surface area contributed by atoms with Gasteiger partial charge in [-0.1, -0.05) is 13.8 Å². The lowest BCUT2D eigenvalue weighted by Gasteiger charge is -2.34. The fraction of sp³-hybridized carbons (Fsp3) is 0.722. The van der Waals surface area contributed by atoms with Crippen LogP contribution in [0, 0.1) is 11.8 Å². The van der Waals surface area contributed by atoms with Gasteiger partial charge < -0.3 is 15.0 Å². The second kappa shape index (κ2) is 7.99. The number of aromatic nitrogens is 2. The van der Waals surface area contributed by atoms with Crippen molar-refractivity contribution < 1.29 is 14.3 Å². The lowest BCUT2D eigenvalue weighted by atomic mass is 10.0. The predicted molar refractivity (Wildman–Crippen MR) is 92.7 cm³/mol. The van der Waals surface area contributed by atoms with Crippen LogP contribution in [0.1, 0.15) is 44.8 Å². The Morgan fingerprint density at radius 3 is 2.84 bits per heavy atom. The van der Waals surface area contributed by atoms with Gasteiger partial charge in [0, 0.05) is 38.4 Å². The van der Waals surface area contributed by atoms with E-state index < -0.39 is 0 Å². The van der Waals surface area contributed by atoms with Gasteiger partial charge >= 0.3 is 0 Å². The lowest BCUT2D eigenvalue weighted by molar-refractivity contribution is -0.137. The third-order valence-electron chi connectivity index (χ3n) is 5.04. The summed E-state index contributed by atoms with van der Waals surface area (Å²) in [6.45, 7) is 7.19. The van der Waals surface area contributed by atoms with Gasteiger partial charge in [0.2, 0.25) is 11.8 Å². The monoisotopic (exact) mass is 348 g/mol. The summed E-state index contributed by atoms with van der Waals surface area (Å²) in [4.78, 5) is 26.6. The van der Waals surface area contributed by atoms with Crippen LogP contribution in [-0.2, 0) is 20.9 Å². The van der Waals surface area contributed by atoms with E-state index in [1.807, 2.05) is 29.5 Å². The molecule has 0 spiro atoms. The van der Waals surface area contributed by atoms with Crippen molar-refractivity contribution in [2.24, 2.45) is 11.8 Å². The molecular weight excluding hydrogens is 320 g/mol. The summed E-state index contributed by atoms with van der Waals surface area (Å²) in [6, 6.07) is 1.82. The maximum atomic E-state index is 12.4. The van der Waals surface area contributed by atoms with Crippen molar-refractivity contribution in [1.29, 1.82) is 0 Å². The van der Waals surface area contributed by atoms with Gasteiger partial charge in [-0.25, -0.2) is 0 Å². The Balaban J connectivity index is 1.58. The molecule has 0 bridgehead atoms. The number of carbonyl (C=O) groups excluding carboxylic acids is 2. The number of nitrogens with one attached hydrogen (secondary N) is 1. The molecule has 0 aliphatic carbocycles. The van der Waals surface area contributed by atoms with E-state index in [-0.39, 0.29) is 23.8 Å². The Bertz CT molecular complexity index is 607. The molecule has 0 aromatic carbocycles. The first kappa shape index (κ1) is 17.9. The Morgan fingerprint density at radius 2 is 2.12 bits per heavy atom. The summed E-state index contributed by atoms with van der Waals surface area (Å²) in [5.74, 6) is 0.609. The SMILES string of the molecule is CC(C)C(=O)N1Cc2ccnn2[C@H](CC(=O)NCC2CCOCC2)C1. The van der Waals surface area contributed by atoms with Crippen LogP contribution in [0.5, 0.6) is 0 Å². The highest BCUT2D eigenvalue weighted by Gasteiger charge is 2.30. The summed E-state index contributed by atoms with van der Waals surface area (Å²) in [7, 11) is 0. The van der Waals surface area contributed by atoms with E-state index in [9.17, 15) is 9.59 Å². The molecule has 0 saturated carbocycles. The van der Waals surface area contributed by atoms with Crippen molar-refractivity contribution >= 4 is 11.8 Å². The topological polar surface area (TPSA) is 76.5 Å². The third-order valence-corrected chi connectivity index (χ3v) is 5.04. The molecule has 1 aromatic rings. The highest BCUT2D eigenvalue weighted by atomic mass is 16.5. The van der Waals surface area contributed by atoms with Gasteiger partial charge in [0.05, 0.1) is 24.7 Å². The zero-order chi connectivity index (χ0) is 17.8. The molecule has 3 rings (SSSR count). The van der Waals surface area contributed by atoms with E-state index in [2.05, 4.69) is 10.4 Å². The van der Waals surface area contributed by atoms with Gasteiger partial charge in [0.1, 0.15) is 0 Å². The molecule has 1 N–H and O–H groups in total. The van der Waals surface area contributed by atoms with Gasteiger partial charge in [-0.05, 0) is 24.8 Å². The normalized spacial score (nSPS) is 21.2. The minimum Gasteiger partial charge on any atom is -0.381 e. The number of rotatable bonds is 5. The van der Waals surface area contributed by atoms with E-state index in [1.165, 1.54) is 0 Å². The lowest BCUT2D eigenvalue weighted by Crippen LogP contribution is -2.44. The first-order valence-electron chi connectivity index (χ1n) is 9.20. The maximum absolute atomic E-state index is 12.4. The van der Waals surface area contributed by atoms with E-state index >= 15 is 0 Å². The number of carbonyl (C=O) groups is 2. The third kappa shape index (κ3) is 4.39. The number of hydrogen-bond acceptors (Lipinski definition) is 4. The zero-order valence-corrected chi connectivity index (χ0v) is 15.1. The van der Waals surface area contributed by atoms with Gasteiger partial charge in [0.15, 0.2) is 0 Å². The Morgan fingerprint density at radius 1 is 1.36 bits per heavy atom. The van der Waals surface area contributed by atoms with Gasteiger partial charge in [-0.2, -0.15) is 5.10 Å². The number of nitrogens with zero attached hydrogens (tertiary/aromatic N) is 3. The molecule has 1 atom stereocenters. The van der Waals surface area contributed by atoms with Gasteiger partial charge in [0.25, 0.3) is 0 Å². The average molecular weight is 348 g/mol. The van der Waals surface area contributed by atoms with Crippen molar-refractivity contribution in [3.63, 3.8) is 0 Å². The molecule has 138 valence electrons. The molecule has 1 aromatic heterocycles. The standard InChI is InChI=1S/C18H28N4O3/c1-13(2)18(24)21-11-15-3-6-20-22(15)16(12-21)9-17(23)19-10-14-4-7-25-8-5-14/h3,6,13-14,16H,4-5,7-12H2,1-2H3,(H,19,23)/t16-/m1/s1. The summed E-state index contributed by atoms with van der Waals surface area (Å²) in [5.41, 5.74) is 0.988. The average Bonchev–Trinajstić information content (AvgIpc) is 3.09. The van der Waals surface area contributed by atoms with E-state index in [1.54, 1.807) is 6.20 Å². The van der Waals surface area contributed by atoms with Crippen molar-refractivity contribution in [2.75, 3.05) is 26.3 Å². The van der Waals surface area contributed by atoms with Crippen LogP contribution in [0.2, 0.25) is 0 Å². The van der Waals surface area contributed by atoms with E-state index in [0.717, 1.165) is 31.7 Å². The van der Waals surface area contributed by atoms with Crippen LogP contribution in [-0.4, -0.2) is 52.8 Å². The fourth-order valence-corrected chi connectivity index (χ4v) is 3.57. The van der Waals surface area contributed by atoms with Crippen LogP contribution in [0.25, 0.3) is 0 Å². The van der Waals surface area contributed by atoms with Gasteiger partial charge in [-0.15, -0.1) is 0 Å². The van der Waals surface area contributed by atoms with Crippen molar-refractivity contribution in [2.45, 2.75) is 45.7 Å². The summed E-state index contributed by atoms with van der Waals surface area (Å²) < 4.78 is 7.25. The molecule has 25 heavy (non-hydrogen) atoms. The van der Waals surface area contributed by atoms with Crippen LogP contribution in [0.3, 0.4) is 0 Å². The molecule has 7 heteroatoms. The largest absolute Gasteiger partial charge is 0.381 e. The molecule has 0 radical (unpaired) electrons. The molecule has 1 fully saturated rings. The molecule has 2 amide bonds. The molecule has 3 heterocycles. The van der Waals surface area contributed by atoms with Crippen molar-refractivity contribution in [1.82, 2.24) is 20.0 Å². The molecule has 1 saturated heterocycles. The number of hydrogen-bond donors (Lipinski definition) is 1. The van der Waals surface area contributed by atoms with Crippen LogP contribution >= 0.6 is 0 Å². The number of fused-ring (bicyclic) bond motifs is 1. The Kier molecular flexibility index (Phi) is 5.73. The Labute approximate surface area is 148 Å². The molecule has 2 aliphatic heterocycles. The van der Waals surface area contributed by atoms with E-state index in [0.29, 0.717) is 32.0 Å². The van der Waals surface area contributed by atoms with Crippen LogP contribution in [0.4, 0.5) is 0 Å². The molecular formula is C18H28N4O3. The van der Waals surface area contributed by atoms with Crippen molar-refractivity contribution in [3.8, 4) is 0 Å². The number of ether oxygens (including phenoxy) is 1. The quantitative estimate of drug-likeness (QED) is 0.872. The minimum atomic E-state index is -0.101. The predicted octanol–water partition coefficient (Wildman–Crippen LogP) is 1.36. The second-order valence-electron chi connectivity index (χ2n) is 7.36. The first-order valence-corrected chi connectivity index (χ1v) is 9.20. The van der Waals surface area contributed by atoms with Crippen LogP contribution < -0.4 is 5.32 Å². The van der Waals surface area contributed by atoms with Crippen molar-refractivity contribution in [3.05, 3.63) is 18.0 Å². The molecule has 7 nitrogen and oxygen atoms in total. The van der Waals surface area contributed by atoms with Crippen LogP contribution in [0.15, 0.2) is 12.3 Å². The molecule has 0 unspecified atom stereocenters. The fourth-order valence-electron chi connectivity index (χ4n) is 3.57. The maximum Gasteiger partial charge on any atom is 0.225 e. The smallest absolute Gasteiger partial charge is 0.225 e. The number of amides is 2. The van der Waals surface area contributed by atoms with Gasteiger partial charge in [-0.3, -0.25) is 14.3 Å². The second-order valence-corrected chi connectivity index (χ2v) is 7.36. The zero-order valence-electron chi connectivity index (χ0n) is 15.1. The molecule has 2 aliphatic rings. The highest BCUT2D eigenvalue weighted by molar-refractivity contribution is 5.79. The van der Waals surface area contributed by atoms with E-state index in [4.69, 9.17) is 4.74 Å².